The monoisotopic (exact) mass is 403 g/mol. The normalized spacial score (nSPS) is 33.9. The van der Waals surface area contributed by atoms with Gasteiger partial charge in [-0.3, -0.25) is 9.59 Å². The highest BCUT2D eigenvalue weighted by Gasteiger charge is 2.54. The maximum absolute atomic E-state index is 13.0. The summed E-state index contributed by atoms with van der Waals surface area (Å²) >= 11 is 1.88. The lowest BCUT2D eigenvalue weighted by Gasteiger charge is -2.55. The first-order valence-electron chi connectivity index (χ1n) is 10.7. The highest BCUT2D eigenvalue weighted by Crippen LogP contribution is 2.60. The van der Waals surface area contributed by atoms with Crippen molar-refractivity contribution in [3.63, 3.8) is 0 Å². The molecule has 0 unspecified atom stereocenters. The molecule has 0 radical (unpaired) electrons. The van der Waals surface area contributed by atoms with Gasteiger partial charge in [-0.15, -0.1) is 5.10 Å². The fourth-order valence-electron chi connectivity index (χ4n) is 6.29. The zero-order valence-corrected chi connectivity index (χ0v) is 17.1. The van der Waals surface area contributed by atoms with Gasteiger partial charge in [-0.2, -0.15) is 11.8 Å². The van der Waals surface area contributed by atoms with Crippen molar-refractivity contribution in [1.82, 2.24) is 25.2 Å². The molecule has 1 aliphatic heterocycles. The average Bonchev–Trinajstić information content (AvgIpc) is 3.16. The first-order valence-corrected chi connectivity index (χ1v) is 11.8. The third-order valence-electron chi connectivity index (χ3n) is 7.20. The number of carbonyl (C=O) groups excluding carboxylic acids is 2. The van der Waals surface area contributed by atoms with E-state index in [1.54, 1.807) is 10.9 Å². The van der Waals surface area contributed by atoms with Gasteiger partial charge in [0.1, 0.15) is 0 Å². The molecule has 8 heteroatoms. The van der Waals surface area contributed by atoms with Gasteiger partial charge in [-0.05, 0) is 56.3 Å². The molecule has 1 saturated heterocycles. The minimum Gasteiger partial charge on any atom is -0.354 e. The van der Waals surface area contributed by atoms with E-state index in [4.69, 9.17) is 0 Å². The van der Waals surface area contributed by atoms with Crippen LogP contribution in [0.5, 0.6) is 0 Å². The Morgan fingerprint density at radius 2 is 1.75 bits per heavy atom. The number of amides is 2. The molecule has 2 amide bonds. The molecule has 1 N–H and O–H groups in total. The predicted molar refractivity (Wildman–Crippen MR) is 107 cm³/mol. The van der Waals surface area contributed by atoms with Crippen molar-refractivity contribution in [3.05, 3.63) is 11.9 Å². The van der Waals surface area contributed by atoms with Crippen LogP contribution in [0.4, 0.5) is 0 Å². The summed E-state index contributed by atoms with van der Waals surface area (Å²) in [6.45, 7) is 2.64. The Morgan fingerprint density at radius 3 is 2.39 bits per heavy atom. The van der Waals surface area contributed by atoms with Crippen molar-refractivity contribution >= 4 is 23.6 Å². The first kappa shape index (κ1) is 18.5. The number of hydrogen-bond acceptors (Lipinski definition) is 5. The van der Waals surface area contributed by atoms with Crippen LogP contribution in [0.3, 0.4) is 0 Å². The summed E-state index contributed by atoms with van der Waals surface area (Å²) in [5, 5.41) is 11.3. The molecule has 5 aliphatic rings. The predicted octanol–water partition coefficient (Wildman–Crippen LogP) is 1.80. The molecule has 0 aromatic carbocycles. The summed E-state index contributed by atoms with van der Waals surface area (Å²) < 4.78 is 1.67. The Hall–Kier alpha value is -1.57. The Balaban J connectivity index is 1.14. The molecule has 1 aromatic rings. The molecule has 7 nitrogen and oxygen atoms in total. The third-order valence-corrected chi connectivity index (χ3v) is 8.14. The molecule has 2 heterocycles. The Labute approximate surface area is 170 Å². The van der Waals surface area contributed by atoms with Gasteiger partial charge in [-0.1, -0.05) is 5.21 Å². The molecule has 0 atom stereocenters. The van der Waals surface area contributed by atoms with E-state index in [1.165, 1.54) is 19.3 Å². The SMILES string of the molecule is O=C(c1cn(CCNC(=O)C23CC4CC(CC(C4)C2)C3)nn1)N1CCSCC1. The van der Waals surface area contributed by atoms with Crippen molar-refractivity contribution in [3.8, 4) is 0 Å². The maximum Gasteiger partial charge on any atom is 0.276 e. The van der Waals surface area contributed by atoms with Gasteiger partial charge >= 0.3 is 0 Å². The van der Waals surface area contributed by atoms with Crippen LogP contribution in [0.15, 0.2) is 6.20 Å². The number of nitrogens with zero attached hydrogens (tertiary/aromatic N) is 4. The number of rotatable bonds is 5. The zero-order valence-electron chi connectivity index (χ0n) is 16.3. The number of nitrogens with one attached hydrogen (secondary N) is 1. The van der Waals surface area contributed by atoms with Gasteiger partial charge in [-0.25, -0.2) is 4.68 Å². The average molecular weight is 404 g/mol. The molecular formula is C20H29N5O2S. The molecule has 152 valence electrons. The standard InChI is InChI=1S/C20H29N5O2S/c26-18(24-3-5-28-6-4-24)17-13-25(23-22-17)2-1-21-19(27)20-10-14-7-15(11-20)9-16(8-14)12-20/h13-16H,1-12H2,(H,21,27). The maximum atomic E-state index is 13.0. The van der Waals surface area contributed by atoms with Gasteiger partial charge in [0.2, 0.25) is 5.91 Å². The first-order chi connectivity index (χ1) is 13.6. The number of thioether (sulfide) groups is 1. The number of aromatic nitrogens is 3. The van der Waals surface area contributed by atoms with Gasteiger partial charge in [0.05, 0.1) is 12.7 Å². The molecule has 4 saturated carbocycles. The lowest BCUT2D eigenvalue weighted by Crippen LogP contribution is -2.53. The summed E-state index contributed by atoms with van der Waals surface area (Å²) in [7, 11) is 0. The summed E-state index contributed by atoms with van der Waals surface area (Å²) in [6, 6.07) is 0. The minimum absolute atomic E-state index is 0.0378. The Kier molecular flexibility index (Phi) is 4.85. The van der Waals surface area contributed by atoms with E-state index in [0.29, 0.717) is 18.8 Å². The lowest BCUT2D eigenvalue weighted by molar-refractivity contribution is -0.146. The van der Waals surface area contributed by atoms with Gasteiger partial charge < -0.3 is 10.2 Å². The van der Waals surface area contributed by atoms with Crippen molar-refractivity contribution in [1.29, 1.82) is 0 Å². The fraction of sp³-hybridized carbons (Fsp3) is 0.800. The number of hydrogen-bond donors (Lipinski definition) is 1. The highest BCUT2D eigenvalue weighted by molar-refractivity contribution is 7.99. The third kappa shape index (κ3) is 3.44. The van der Waals surface area contributed by atoms with Crippen molar-refractivity contribution in [2.75, 3.05) is 31.1 Å². The zero-order chi connectivity index (χ0) is 19.1. The van der Waals surface area contributed by atoms with E-state index in [0.717, 1.165) is 61.6 Å². The molecule has 4 aliphatic carbocycles. The van der Waals surface area contributed by atoms with Crippen LogP contribution < -0.4 is 5.32 Å². The largest absolute Gasteiger partial charge is 0.354 e. The summed E-state index contributed by atoms with van der Waals surface area (Å²) in [6.07, 6.45) is 9.00. The van der Waals surface area contributed by atoms with Crippen LogP contribution in [-0.2, 0) is 11.3 Å². The number of carbonyl (C=O) groups is 2. The second-order valence-corrected chi connectivity index (χ2v) is 10.4. The Morgan fingerprint density at radius 1 is 1.11 bits per heavy atom. The van der Waals surface area contributed by atoms with Gasteiger partial charge in [0.15, 0.2) is 5.69 Å². The summed E-state index contributed by atoms with van der Waals surface area (Å²) in [5.74, 6) is 4.49. The van der Waals surface area contributed by atoms with Crippen molar-refractivity contribution in [2.24, 2.45) is 23.2 Å². The van der Waals surface area contributed by atoms with Crippen molar-refractivity contribution < 1.29 is 9.59 Å². The summed E-state index contributed by atoms with van der Waals surface area (Å²) in [5.41, 5.74) is 0.296. The van der Waals surface area contributed by atoms with Gasteiger partial charge in [0.25, 0.3) is 5.91 Å². The molecular weight excluding hydrogens is 374 g/mol. The van der Waals surface area contributed by atoms with Crippen LogP contribution in [0.25, 0.3) is 0 Å². The van der Waals surface area contributed by atoms with E-state index in [9.17, 15) is 9.59 Å². The van der Waals surface area contributed by atoms with E-state index in [2.05, 4.69) is 15.6 Å². The van der Waals surface area contributed by atoms with E-state index >= 15 is 0 Å². The van der Waals surface area contributed by atoms with Crippen LogP contribution in [-0.4, -0.2) is 62.8 Å². The second kappa shape index (κ2) is 7.35. The molecule has 5 fully saturated rings. The lowest BCUT2D eigenvalue weighted by atomic mass is 9.49. The smallest absolute Gasteiger partial charge is 0.276 e. The molecule has 4 bridgehead atoms. The van der Waals surface area contributed by atoms with Crippen LogP contribution in [0, 0.1) is 23.2 Å². The van der Waals surface area contributed by atoms with E-state index < -0.39 is 0 Å². The summed E-state index contributed by atoms with van der Waals surface area (Å²) in [4.78, 5) is 27.3. The molecule has 28 heavy (non-hydrogen) atoms. The molecule has 0 spiro atoms. The molecule has 1 aromatic heterocycles. The van der Waals surface area contributed by atoms with Crippen LogP contribution >= 0.6 is 11.8 Å². The van der Waals surface area contributed by atoms with E-state index in [1.807, 2.05) is 16.7 Å². The van der Waals surface area contributed by atoms with Gasteiger partial charge in [0, 0.05) is 36.6 Å². The molecule has 6 rings (SSSR count). The highest BCUT2D eigenvalue weighted by atomic mass is 32.2. The Bertz CT molecular complexity index is 722. The second-order valence-electron chi connectivity index (χ2n) is 9.23. The van der Waals surface area contributed by atoms with Crippen molar-refractivity contribution in [2.45, 2.75) is 45.1 Å². The van der Waals surface area contributed by atoms with Crippen LogP contribution in [0.2, 0.25) is 0 Å². The topological polar surface area (TPSA) is 80.1 Å². The van der Waals surface area contributed by atoms with Crippen LogP contribution in [0.1, 0.15) is 49.0 Å². The minimum atomic E-state index is -0.107. The fourth-order valence-corrected chi connectivity index (χ4v) is 7.20. The van der Waals surface area contributed by atoms with E-state index in [-0.39, 0.29) is 17.2 Å². The quantitative estimate of drug-likeness (QED) is 0.811.